The highest BCUT2D eigenvalue weighted by Crippen LogP contribution is 2.41. The van der Waals surface area contributed by atoms with Gasteiger partial charge in [0.15, 0.2) is 6.04 Å². The van der Waals surface area contributed by atoms with E-state index in [1.54, 1.807) is 18.0 Å². The molecule has 5 rings (SSSR count). The smallest absolute Gasteiger partial charge is 0.416 e. The summed E-state index contributed by atoms with van der Waals surface area (Å²) in [5, 5.41) is 11.7. The van der Waals surface area contributed by atoms with E-state index in [9.17, 15) is 27.9 Å². The number of alkyl halides is 3. The first kappa shape index (κ1) is 22.7. The summed E-state index contributed by atoms with van der Waals surface area (Å²) in [6.07, 6.45) is -4.25. The normalized spacial score (nSPS) is 15.4. The summed E-state index contributed by atoms with van der Waals surface area (Å²) >= 11 is 0. The number of benzene rings is 3. The van der Waals surface area contributed by atoms with Gasteiger partial charge in [0.05, 0.1) is 12.1 Å². The predicted octanol–water partition coefficient (Wildman–Crippen LogP) is 5.35. The van der Waals surface area contributed by atoms with Gasteiger partial charge >= 0.3 is 12.1 Å². The Hall–Kier alpha value is -4.07. The third kappa shape index (κ3) is 3.95. The van der Waals surface area contributed by atoms with Crippen LogP contribution in [-0.4, -0.2) is 29.2 Å². The average molecular weight is 478 g/mol. The van der Waals surface area contributed by atoms with E-state index in [0.29, 0.717) is 23.4 Å². The number of nitrogens with zero attached hydrogens (tertiary/aromatic N) is 2. The summed E-state index contributed by atoms with van der Waals surface area (Å²) in [6.45, 7) is 0.0360. The fourth-order valence-electron chi connectivity index (χ4n) is 4.91. The van der Waals surface area contributed by atoms with Crippen molar-refractivity contribution in [3.05, 3.63) is 99.8 Å². The predicted molar refractivity (Wildman–Crippen MR) is 128 cm³/mol. The van der Waals surface area contributed by atoms with E-state index in [4.69, 9.17) is 0 Å². The van der Waals surface area contributed by atoms with Crippen molar-refractivity contribution in [2.45, 2.75) is 18.6 Å². The van der Waals surface area contributed by atoms with E-state index in [1.165, 1.54) is 16.7 Å². The molecule has 0 saturated carbocycles. The van der Waals surface area contributed by atoms with E-state index < -0.39 is 29.3 Å². The number of aromatic nitrogens is 1. The summed E-state index contributed by atoms with van der Waals surface area (Å²) in [4.78, 5) is 26.7. The van der Waals surface area contributed by atoms with Gasteiger partial charge in [-0.3, -0.25) is 9.36 Å². The molecule has 3 aromatic carbocycles. The zero-order chi connectivity index (χ0) is 24.9. The number of fused-ring (bicyclic) bond motifs is 2. The Morgan fingerprint density at radius 2 is 1.71 bits per heavy atom. The summed E-state index contributed by atoms with van der Waals surface area (Å²) in [5.41, 5.74) is 0.840. The third-order valence-corrected chi connectivity index (χ3v) is 6.45. The van der Waals surface area contributed by atoms with Crippen molar-refractivity contribution in [3.8, 4) is 11.1 Å². The molecule has 0 saturated heterocycles. The van der Waals surface area contributed by atoms with Crippen LogP contribution in [0.15, 0.2) is 77.6 Å². The maximum Gasteiger partial charge on any atom is 0.416 e. The van der Waals surface area contributed by atoms with Gasteiger partial charge in [-0.2, -0.15) is 13.2 Å². The van der Waals surface area contributed by atoms with Crippen LogP contribution in [0.5, 0.6) is 0 Å². The molecule has 178 valence electrons. The fourth-order valence-corrected chi connectivity index (χ4v) is 4.91. The van der Waals surface area contributed by atoms with Crippen LogP contribution in [0.3, 0.4) is 0 Å². The van der Waals surface area contributed by atoms with Gasteiger partial charge in [-0.15, -0.1) is 0 Å². The Morgan fingerprint density at radius 1 is 1.00 bits per heavy atom. The molecule has 1 aliphatic rings. The average Bonchev–Trinajstić information content (AvgIpc) is 3.17. The lowest BCUT2D eigenvalue weighted by atomic mass is 9.92. The van der Waals surface area contributed by atoms with Crippen LogP contribution in [0.1, 0.15) is 22.7 Å². The number of pyridine rings is 1. The topological polar surface area (TPSA) is 62.5 Å². The number of carboxylic acid groups (broad SMARTS) is 1. The molecule has 8 heteroatoms. The molecule has 0 fully saturated rings. The fraction of sp³-hybridized carbons (Fsp3) is 0.185. The zero-order valence-corrected chi connectivity index (χ0v) is 18.7. The lowest BCUT2D eigenvalue weighted by Gasteiger charge is -2.21. The van der Waals surface area contributed by atoms with Gasteiger partial charge in [0.1, 0.15) is 5.82 Å². The second kappa shape index (κ2) is 8.30. The third-order valence-electron chi connectivity index (χ3n) is 6.45. The minimum atomic E-state index is -4.55. The molecule has 1 aromatic heterocycles. The molecule has 1 aliphatic heterocycles. The lowest BCUT2D eigenvalue weighted by Crippen LogP contribution is -2.28. The quantitative estimate of drug-likeness (QED) is 0.429. The largest absolute Gasteiger partial charge is 0.480 e. The molecule has 1 unspecified atom stereocenters. The Labute approximate surface area is 198 Å². The lowest BCUT2D eigenvalue weighted by molar-refractivity contribution is -0.140. The highest BCUT2D eigenvalue weighted by atomic mass is 19.4. The zero-order valence-electron chi connectivity index (χ0n) is 18.7. The second-order valence-corrected chi connectivity index (χ2v) is 8.70. The summed E-state index contributed by atoms with van der Waals surface area (Å²) in [6, 6.07) is 18.7. The van der Waals surface area contributed by atoms with Crippen molar-refractivity contribution >= 4 is 22.6 Å². The van der Waals surface area contributed by atoms with Gasteiger partial charge in [0, 0.05) is 18.7 Å². The maximum absolute atomic E-state index is 13.5. The van der Waals surface area contributed by atoms with Gasteiger partial charge in [-0.25, -0.2) is 4.79 Å². The minimum absolute atomic E-state index is 0.0360. The monoisotopic (exact) mass is 478 g/mol. The van der Waals surface area contributed by atoms with Gasteiger partial charge in [0.2, 0.25) is 0 Å². The van der Waals surface area contributed by atoms with Gasteiger partial charge in [-0.05, 0) is 46.0 Å². The first-order valence-corrected chi connectivity index (χ1v) is 11.0. The highest BCUT2D eigenvalue weighted by Gasteiger charge is 2.36. The standard InChI is InChI=1S/C27H21F3N2O3/c1-31-15-22(26(34)35)32-23(33)14-19(12-17-8-4-7-16-6-2-3-11-21(16)17)24(25(31)32)18-9-5-10-20(13-18)27(28,29)30/h2-11,13-14,22H,12,15H2,1H3,(H,34,35). The first-order chi connectivity index (χ1) is 16.6. The number of carbonyl (C=O) groups is 1. The minimum Gasteiger partial charge on any atom is -0.480 e. The first-order valence-electron chi connectivity index (χ1n) is 11.0. The SMILES string of the molecule is CN1CC(C(=O)O)n2c1c(-c1cccc(C(F)(F)F)c1)c(Cc1cccc3ccccc13)cc2=O. The van der Waals surface area contributed by atoms with Crippen molar-refractivity contribution in [2.24, 2.45) is 0 Å². The molecular weight excluding hydrogens is 457 g/mol. The molecule has 0 spiro atoms. The second-order valence-electron chi connectivity index (χ2n) is 8.70. The molecular formula is C27H21F3N2O3. The van der Waals surface area contributed by atoms with E-state index >= 15 is 0 Å². The van der Waals surface area contributed by atoms with Crippen molar-refractivity contribution in [1.29, 1.82) is 0 Å². The molecule has 0 aliphatic carbocycles. The van der Waals surface area contributed by atoms with Crippen molar-refractivity contribution < 1.29 is 23.1 Å². The molecule has 1 N–H and O–H groups in total. The van der Waals surface area contributed by atoms with Crippen LogP contribution < -0.4 is 10.5 Å². The summed E-state index contributed by atoms with van der Waals surface area (Å²) in [7, 11) is 1.65. The van der Waals surface area contributed by atoms with Crippen LogP contribution in [-0.2, 0) is 17.4 Å². The molecule has 4 aromatic rings. The number of aliphatic carboxylic acids is 1. The Bertz CT molecular complexity index is 1520. The van der Waals surface area contributed by atoms with Crippen LogP contribution in [0.4, 0.5) is 19.0 Å². The van der Waals surface area contributed by atoms with Gasteiger partial charge in [0.25, 0.3) is 5.56 Å². The highest BCUT2D eigenvalue weighted by molar-refractivity contribution is 5.88. The van der Waals surface area contributed by atoms with Crippen molar-refractivity contribution in [3.63, 3.8) is 0 Å². The van der Waals surface area contributed by atoms with E-state index in [1.807, 2.05) is 42.5 Å². The number of halogens is 3. The molecule has 5 nitrogen and oxygen atoms in total. The summed E-state index contributed by atoms with van der Waals surface area (Å²) < 4.78 is 41.8. The van der Waals surface area contributed by atoms with Crippen LogP contribution in [0, 0.1) is 0 Å². The van der Waals surface area contributed by atoms with Gasteiger partial charge in [-0.1, -0.05) is 54.6 Å². The number of rotatable bonds is 4. The Morgan fingerprint density at radius 3 is 2.46 bits per heavy atom. The Kier molecular flexibility index (Phi) is 5.39. The van der Waals surface area contributed by atoms with Crippen LogP contribution in [0.2, 0.25) is 0 Å². The van der Waals surface area contributed by atoms with Crippen LogP contribution >= 0.6 is 0 Å². The van der Waals surface area contributed by atoms with E-state index in [-0.39, 0.29) is 12.1 Å². The number of carboxylic acids is 1. The molecule has 2 heterocycles. The molecule has 35 heavy (non-hydrogen) atoms. The molecule has 0 bridgehead atoms. The van der Waals surface area contributed by atoms with Gasteiger partial charge < -0.3 is 10.0 Å². The number of hydrogen-bond acceptors (Lipinski definition) is 3. The van der Waals surface area contributed by atoms with Crippen molar-refractivity contribution in [1.82, 2.24) is 4.57 Å². The number of likely N-dealkylation sites (N-methyl/N-ethyl adjacent to an activating group) is 1. The van der Waals surface area contributed by atoms with Crippen molar-refractivity contribution in [2.75, 3.05) is 18.5 Å². The van der Waals surface area contributed by atoms with Crippen LogP contribution in [0.25, 0.3) is 21.9 Å². The number of anilines is 1. The Balaban J connectivity index is 1.78. The molecule has 0 radical (unpaired) electrons. The summed E-state index contributed by atoms with van der Waals surface area (Å²) in [5.74, 6) is -0.867. The van der Waals surface area contributed by atoms with E-state index in [2.05, 4.69) is 0 Å². The molecule has 1 atom stereocenters. The van der Waals surface area contributed by atoms with E-state index in [0.717, 1.165) is 28.5 Å². The maximum atomic E-state index is 13.5. The molecule has 0 amide bonds. The number of hydrogen-bond donors (Lipinski definition) is 1.